The first-order valence-electron chi connectivity index (χ1n) is 44.2. The molecule has 106 heavy (non-hydrogen) atoms. The first kappa shape index (κ1) is 102. The van der Waals surface area contributed by atoms with E-state index in [9.17, 15) is 19.0 Å². The van der Waals surface area contributed by atoms with Crippen molar-refractivity contribution in [3.63, 3.8) is 0 Å². The summed E-state index contributed by atoms with van der Waals surface area (Å²) in [5.41, 5.74) is 0. The highest BCUT2D eigenvalue weighted by molar-refractivity contribution is 7.45. The molecule has 0 aliphatic heterocycles. The van der Waals surface area contributed by atoms with Gasteiger partial charge in [-0.1, -0.05) is 403 Å². The third kappa shape index (κ3) is 88.5. The summed E-state index contributed by atoms with van der Waals surface area (Å²) >= 11 is 0. The molecule has 0 fully saturated rings. The highest BCUT2D eigenvalue weighted by Gasteiger charge is 2.22. The van der Waals surface area contributed by atoms with Gasteiger partial charge in [0.15, 0.2) is 6.10 Å². The normalized spacial score (nSPS) is 13.8. The van der Waals surface area contributed by atoms with Crippen molar-refractivity contribution in [3.8, 4) is 0 Å². The number of carbonyl (C=O) groups is 2. The third-order valence-electron chi connectivity index (χ3n) is 19.0. The van der Waals surface area contributed by atoms with Crippen molar-refractivity contribution in [3.05, 3.63) is 158 Å². The number of ether oxygens (including phenoxy) is 2. The molecular weight excluding hydrogens is 1330 g/mol. The van der Waals surface area contributed by atoms with Gasteiger partial charge in [0.25, 0.3) is 7.82 Å². The maximum Gasteiger partial charge on any atom is 0.306 e. The van der Waals surface area contributed by atoms with Crippen molar-refractivity contribution >= 4 is 19.8 Å². The molecule has 0 amide bonds. The Morgan fingerprint density at radius 1 is 0.302 bits per heavy atom. The van der Waals surface area contributed by atoms with E-state index < -0.39 is 26.5 Å². The fraction of sp³-hybridized carbons (Fsp3) is 0.708. The molecule has 9 nitrogen and oxygen atoms in total. The zero-order chi connectivity index (χ0) is 76.8. The largest absolute Gasteiger partial charge is 0.756 e. The van der Waals surface area contributed by atoms with E-state index in [1.54, 1.807) is 0 Å². The molecule has 0 radical (unpaired) electrons. The van der Waals surface area contributed by atoms with Gasteiger partial charge in [-0.25, -0.2) is 0 Å². The molecule has 0 spiro atoms. The molecule has 0 aromatic carbocycles. The first-order chi connectivity index (χ1) is 52.0. The van der Waals surface area contributed by atoms with E-state index >= 15 is 0 Å². The van der Waals surface area contributed by atoms with Gasteiger partial charge in [0.1, 0.15) is 19.8 Å². The number of quaternary nitrogens is 1. The number of allylic oxidation sites excluding steroid dienone is 26. The van der Waals surface area contributed by atoms with Crippen molar-refractivity contribution in [2.75, 3.05) is 47.5 Å². The Bertz CT molecular complexity index is 2360. The van der Waals surface area contributed by atoms with Crippen LogP contribution in [-0.4, -0.2) is 70.0 Å². The number of phosphoric acid groups is 1. The summed E-state index contributed by atoms with van der Waals surface area (Å²) in [7, 11) is 1.16. The van der Waals surface area contributed by atoms with Gasteiger partial charge in [0.2, 0.25) is 0 Å². The number of unbranched alkanes of at least 4 members (excludes halogenated alkanes) is 41. The zero-order valence-corrected chi connectivity index (χ0v) is 70.5. The zero-order valence-electron chi connectivity index (χ0n) is 69.6. The molecule has 0 aliphatic carbocycles. The average molecular weight is 1490 g/mol. The minimum atomic E-state index is -4.66. The van der Waals surface area contributed by atoms with E-state index in [2.05, 4.69) is 172 Å². The lowest BCUT2D eigenvalue weighted by Crippen LogP contribution is -2.37. The van der Waals surface area contributed by atoms with Crippen LogP contribution >= 0.6 is 7.82 Å². The predicted octanol–water partition coefficient (Wildman–Crippen LogP) is 29.5. The van der Waals surface area contributed by atoms with Crippen LogP contribution in [0.3, 0.4) is 0 Å². The van der Waals surface area contributed by atoms with Crippen LogP contribution in [-0.2, 0) is 32.7 Å². The van der Waals surface area contributed by atoms with Crippen LogP contribution in [0.2, 0.25) is 0 Å². The Hall–Kier alpha value is -4.37. The highest BCUT2D eigenvalue weighted by Crippen LogP contribution is 2.38. The van der Waals surface area contributed by atoms with E-state index in [0.29, 0.717) is 17.4 Å². The second-order valence-electron chi connectivity index (χ2n) is 30.5. The predicted molar refractivity (Wildman–Crippen MR) is 461 cm³/mol. The van der Waals surface area contributed by atoms with Crippen LogP contribution in [0.25, 0.3) is 0 Å². The molecule has 0 bridgehead atoms. The Morgan fingerprint density at radius 2 is 0.538 bits per heavy atom. The van der Waals surface area contributed by atoms with Gasteiger partial charge in [-0.15, -0.1) is 0 Å². The lowest BCUT2D eigenvalue weighted by Gasteiger charge is -2.28. The summed E-state index contributed by atoms with van der Waals surface area (Å²) in [5, 5.41) is 0. The van der Waals surface area contributed by atoms with E-state index in [-0.39, 0.29) is 32.0 Å². The standard InChI is InChI=1S/C96H166NO8P/c1-6-8-10-12-14-16-18-20-22-24-26-28-30-32-34-36-38-40-42-44-46-48-50-52-54-56-58-60-62-64-66-68-70-72-74-76-78-80-82-84-86-88-95(98)102-92-94(93-104-106(100,101)103-91-90-97(3,4)5)105-96(99)89-87-85-83-81-79-77-75-73-71-69-67-65-63-61-59-57-55-53-51-49-47-45-43-41-39-37-35-33-31-29-27-25-23-21-19-17-15-13-11-9-7-2/h9,11,15,17-18,20-21,23-24,26-27,29-30,32-33,35,39,41,45,47,51,53,57,59,63,65,94H,6-8,10,12-14,16,19,22,25,28,31,34,36-38,40,42-44,46,48-50,52,54-56,58,60-62,64,66-93H2,1-5H3/b11-9-,17-15-,20-18-,23-21-,26-24-,29-27-,32-30-,35-33-,41-39-,47-45-,53-51-,59-57-,65-63-. The Kier molecular flexibility index (Phi) is 81.2. The number of phosphoric ester groups is 1. The number of likely N-dealkylation sites (N-methyl/N-ethyl adjacent to an activating group) is 1. The van der Waals surface area contributed by atoms with Gasteiger partial charge in [-0.2, -0.15) is 0 Å². The molecule has 10 heteroatoms. The number of nitrogens with zero attached hydrogens (tertiary/aromatic N) is 1. The van der Waals surface area contributed by atoms with Crippen LogP contribution in [0.4, 0.5) is 0 Å². The van der Waals surface area contributed by atoms with E-state index in [1.807, 2.05) is 21.1 Å². The topological polar surface area (TPSA) is 111 Å². The smallest absolute Gasteiger partial charge is 0.306 e. The van der Waals surface area contributed by atoms with Gasteiger partial charge < -0.3 is 27.9 Å². The molecule has 608 valence electrons. The minimum Gasteiger partial charge on any atom is -0.756 e. The molecule has 2 unspecified atom stereocenters. The third-order valence-corrected chi connectivity index (χ3v) is 20.0. The van der Waals surface area contributed by atoms with E-state index in [4.69, 9.17) is 18.5 Å². The first-order valence-corrected chi connectivity index (χ1v) is 45.7. The lowest BCUT2D eigenvalue weighted by atomic mass is 10.0. The molecule has 0 aliphatic rings. The fourth-order valence-corrected chi connectivity index (χ4v) is 13.1. The van der Waals surface area contributed by atoms with Crippen LogP contribution in [0.1, 0.15) is 386 Å². The molecular formula is C96H166NO8P. The molecule has 0 saturated carbocycles. The van der Waals surface area contributed by atoms with Crippen molar-refractivity contribution in [2.45, 2.75) is 392 Å². The second kappa shape index (κ2) is 84.6. The average Bonchev–Trinajstić information content (AvgIpc) is 0.908. The number of esters is 2. The van der Waals surface area contributed by atoms with Crippen LogP contribution in [0.15, 0.2) is 158 Å². The number of hydrogen-bond donors (Lipinski definition) is 0. The van der Waals surface area contributed by atoms with Gasteiger partial charge in [-0.3, -0.25) is 14.2 Å². The second-order valence-corrected chi connectivity index (χ2v) is 31.9. The van der Waals surface area contributed by atoms with Gasteiger partial charge in [-0.05, 0) is 128 Å². The van der Waals surface area contributed by atoms with Crippen LogP contribution in [0.5, 0.6) is 0 Å². The Balaban J connectivity index is 3.96. The lowest BCUT2D eigenvalue weighted by molar-refractivity contribution is -0.870. The minimum absolute atomic E-state index is 0.0362. The Labute approximate surface area is 656 Å². The number of carbonyl (C=O) groups excluding carboxylic acids is 2. The summed E-state index contributed by atoms with van der Waals surface area (Å²) < 4.78 is 34.5. The highest BCUT2D eigenvalue weighted by atomic mass is 31.2. The van der Waals surface area contributed by atoms with Gasteiger partial charge in [0.05, 0.1) is 27.7 Å². The molecule has 2 atom stereocenters. The maximum atomic E-state index is 12.9. The molecule has 0 rings (SSSR count). The Morgan fingerprint density at radius 3 is 0.802 bits per heavy atom. The molecule has 0 heterocycles. The van der Waals surface area contributed by atoms with E-state index in [1.165, 1.54) is 231 Å². The maximum absolute atomic E-state index is 12.9. The summed E-state index contributed by atoms with van der Waals surface area (Å²) in [6.45, 7) is 4.14. The summed E-state index contributed by atoms with van der Waals surface area (Å²) in [6.07, 6.45) is 127. The molecule has 0 aromatic heterocycles. The van der Waals surface area contributed by atoms with E-state index in [0.717, 1.165) is 122 Å². The molecule has 0 aromatic rings. The molecule has 0 saturated heterocycles. The SMILES string of the molecule is CC/C=C\C/C=C\C/C=C\C/C=C\C/C=C\C/C=C\C/C=C\C/C=C\C/C=C\C/C=C\CCCCCCCCCCCCC(=O)OC(COC(=O)CCCCCCCCCCCCCCCCCCCCCCCCCCCC/C=C\C/C=C\C/C=C\CCCCCCC)COP(=O)([O-])OCC[N+](C)(C)C. The quantitative estimate of drug-likeness (QED) is 0.0195. The number of rotatable bonds is 81. The van der Waals surface area contributed by atoms with Crippen LogP contribution < -0.4 is 4.89 Å². The monoisotopic (exact) mass is 1490 g/mol. The van der Waals surface area contributed by atoms with Crippen molar-refractivity contribution in [2.24, 2.45) is 0 Å². The number of hydrogen-bond acceptors (Lipinski definition) is 8. The summed E-state index contributed by atoms with van der Waals surface area (Å²) in [4.78, 5) is 38.3. The summed E-state index contributed by atoms with van der Waals surface area (Å²) in [6, 6.07) is 0. The summed E-state index contributed by atoms with van der Waals surface area (Å²) in [5.74, 6) is -0.831. The van der Waals surface area contributed by atoms with Crippen molar-refractivity contribution < 1.29 is 42.1 Å². The fourth-order valence-electron chi connectivity index (χ4n) is 12.3. The van der Waals surface area contributed by atoms with Crippen molar-refractivity contribution in [1.82, 2.24) is 0 Å². The van der Waals surface area contributed by atoms with Crippen molar-refractivity contribution in [1.29, 1.82) is 0 Å². The van der Waals surface area contributed by atoms with Gasteiger partial charge >= 0.3 is 11.9 Å². The van der Waals surface area contributed by atoms with Crippen LogP contribution in [0, 0.1) is 0 Å². The van der Waals surface area contributed by atoms with Gasteiger partial charge in [0, 0.05) is 12.8 Å². The molecule has 0 N–H and O–H groups in total.